The summed E-state index contributed by atoms with van der Waals surface area (Å²) in [6, 6.07) is 43.5. The van der Waals surface area contributed by atoms with E-state index in [2.05, 4.69) is 165 Å². The lowest BCUT2D eigenvalue weighted by Crippen LogP contribution is -2.44. The van der Waals surface area contributed by atoms with Gasteiger partial charge in [-0.1, -0.05) is 18.2 Å². The summed E-state index contributed by atoms with van der Waals surface area (Å²) in [5.41, 5.74) is 22.3. The van der Waals surface area contributed by atoms with Gasteiger partial charge in [-0.2, -0.15) is 15.0 Å². The zero-order valence-corrected chi connectivity index (χ0v) is 64.9. The van der Waals surface area contributed by atoms with Crippen molar-refractivity contribution in [2.75, 3.05) is 144 Å². The van der Waals surface area contributed by atoms with Gasteiger partial charge in [0.25, 0.3) is 17.7 Å². The number of carbonyl (C=O) groups excluding carboxylic acids is 3. The summed E-state index contributed by atoms with van der Waals surface area (Å²) in [5.74, 6) is -0.483. The Labute approximate surface area is 659 Å². The average Bonchev–Trinajstić information content (AvgIpc) is 0.995. The standard InChI is InChI=1S/C30H33N7O2.C29H31N7O2.C28H29N7O2/c1-3-31-29(39)26-19-37(24-10-7-20-5-4-6-21(20)17-24)28-25(27(26)38)18-32-30(34-28)33-22-8-11-23(12-9-22)36-15-13-35(2)14-16-36;1-30-28(38)25-18-36(23-9-6-19-4-3-5-20(19)16-23)27-24(26(25)37)17-31-29(33-27)32-21-7-10-22(11-8-21)35-14-12-34(2)13-15-35;1-33-11-13-34(14-12-33)21-9-6-20(7-10-21)31-28-30-16-23-25(36)24(26(29)37)17-35(27(23)32-28)22-8-5-18-3-2-4-19(18)15-22/h7-12,17-19H,3-6,13-16H2,1-2H3,(H,31,39)(H,32,33,34);6-11,16-18H,3-5,12-15H2,1-2H3,(H,30,38)(H,31,32,33);5-10,15-17H,2-4,11-14H2,1H3,(H2,29,37)(H,30,31,32). The summed E-state index contributed by atoms with van der Waals surface area (Å²) in [5, 5.41) is 16.0. The molecule has 6 aromatic carbocycles. The van der Waals surface area contributed by atoms with E-state index in [9.17, 15) is 28.8 Å². The van der Waals surface area contributed by atoms with Gasteiger partial charge in [-0.25, -0.2) is 15.0 Å². The third-order valence-electron chi connectivity index (χ3n) is 22.6. The molecule has 9 heterocycles. The summed E-state index contributed by atoms with van der Waals surface area (Å²) in [6.45, 7) is 14.6. The Morgan fingerprint density at radius 1 is 0.377 bits per heavy atom. The van der Waals surface area contributed by atoms with Crippen LogP contribution >= 0.6 is 0 Å². The fourth-order valence-corrected chi connectivity index (χ4v) is 16.0. The highest BCUT2D eigenvalue weighted by atomic mass is 16.2. The lowest BCUT2D eigenvalue weighted by atomic mass is 10.1. The second-order valence-electron chi connectivity index (χ2n) is 30.1. The molecule has 0 spiro atoms. The van der Waals surface area contributed by atoms with E-state index >= 15 is 0 Å². The van der Waals surface area contributed by atoms with E-state index in [1.807, 2.05) is 70.7 Å². The first-order valence-corrected chi connectivity index (χ1v) is 39.3. The number of aryl methyl sites for hydroxylation is 6. The molecule has 27 heteroatoms. The van der Waals surface area contributed by atoms with Gasteiger partial charge in [0.05, 0.1) is 16.2 Å². The molecule has 6 aliphatic rings. The fourth-order valence-electron chi connectivity index (χ4n) is 16.0. The Balaban J connectivity index is 0.000000129. The predicted molar refractivity (Wildman–Crippen MR) is 450 cm³/mol. The number of nitrogens with zero attached hydrogens (tertiary/aromatic N) is 15. The molecule has 18 rings (SSSR count). The van der Waals surface area contributed by atoms with Crippen LogP contribution in [0.2, 0.25) is 0 Å². The minimum Gasteiger partial charge on any atom is -0.369 e. The molecule has 0 saturated carbocycles. The number of piperazine rings is 3. The number of nitrogens with one attached hydrogen (secondary N) is 5. The number of nitrogens with two attached hydrogens (primary N) is 1. The first-order chi connectivity index (χ1) is 55.4. The van der Waals surface area contributed by atoms with Crippen molar-refractivity contribution in [2.45, 2.75) is 64.7 Å². The molecule has 0 radical (unpaired) electrons. The molecule has 3 amide bonds. The zero-order chi connectivity index (χ0) is 78.7. The molecule has 0 unspecified atom stereocenters. The molecule has 3 aliphatic carbocycles. The maximum atomic E-state index is 13.3. The van der Waals surface area contributed by atoms with Crippen LogP contribution in [0.3, 0.4) is 0 Å². The molecule has 3 saturated heterocycles. The van der Waals surface area contributed by atoms with E-state index in [-0.39, 0.29) is 32.9 Å². The van der Waals surface area contributed by atoms with Crippen LogP contribution < -0.4 is 63.3 Å². The van der Waals surface area contributed by atoms with E-state index in [4.69, 9.17) is 20.7 Å². The van der Waals surface area contributed by atoms with Crippen molar-refractivity contribution in [3.05, 3.63) is 245 Å². The Morgan fingerprint density at radius 2 is 0.667 bits per heavy atom. The SMILES string of the molecule is CCNC(=O)c1cn(-c2ccc3c(c2)CCC3)c2nc(Nc3ccc(N4CCN(C)CC4)cc3)ncc2c1=O.CN1CCN(c2ccc(Nc3ncc4c(=O)c(C(N)=O)cn(-c5ccc6c(c5)CCC6)c4n3)cc2)CC1.CNC(=O)c1cn(-c2ccc3c(c2)CCC3)c2nc(Nc3ccc(N4CCN(C)CC4)cc3)ncc2c1=O. The summed E-state index contributed by atoms with van der Waals surface area (Å²) < 4.78 is 5.42. The van der Waals surface area contributed by atoms with Crippen LogP contribution in [0.5, 0.6) is 0 Å². The minimum atomic E-state index is -0.774. The topological polar surface area (TPSA) is 300 Å². The van der Waals surface area contributed by atoms with Gasteiger partial charge in [-0.15, -0.1) is 0 Å². The number of anilines is 9. The molecule has 3 aliphatic heterocycles. The molecule has 0 bridgehead atoms. The number of amides is 3. The summed E-state index contributed by atoms with van der Waals surface area (Å²) in [6.07, 6.45) is 18.8. The third kappa shape index (κ3) is 16.1. The van der Waals surface area contributed by atoms with Crippen LogP contribution in [-0.4, -0.2) is 189 Å². The molecule has 27 nitrogen and oxygen atoms in total. The van der Waals surface area contributed by atoms with Crippen molar-refractivity contribution in [1.82, 2.24) is 68.9 Å². The van der Waals surface area contributed by atoms with Crippen molar-refractivity contribution >= 4 is 103 Å². The highest BCUT2D eigenvalue weighted by molar-refractivity contribution is 5.99. The Kier molecular flexibility index (Phi) is 21.8. The van der Waals surface area contributed by atoms with Crippen molar-refractivity contribution < 1.29 is 14.4 Å². The molecule has 6 aromatic heterocycles. The van der Waals surface area contributed by atoms with Gasteiger partial charge in [0.15, 0.2) is 16.9 Å². The van der Waals surface area contributed by atoms with Gasteiger partial charge in [-0.3, -0.25) is 28.8 Å². The number of aromatic nitrogens is 9. The van der Waals surface area contributed by atoms with Crippen LogP contribution in [0.25, 0.3) is 50.2 Å². The first-order valence-electron chi connectivity index (χ1n) is 39.3. The molecule has 0 atom stereocenters. The summed E-state index contributed by atoms with van der Waals surface area (Å²) >= 11 is 0. The summed E-state index contributed by atoms with van der Waals surface area (Å²) in [4.78, 5) is 118. The largest absolute Gasteiger partial charge is 0.369 e. The molecule has 7 N–H and O–H groups in total. The molecule has 3 fully saturated rings. The van der Waals surface area contributed by atoms with Crippen molar-refractivity contribution in [3.63, 3.8) is 0 Å². The highest BCUT2D eigenvalue weighted by Gasteiger charge is 2.26. The minimum absolute atomic E-state index is 0.0595. The lowest BCUT2D eigenvalue weighted by Gasteiger charge is -2.34. The number of hydrogen-bond donors (Lipinski definition) is 6. The van der Waals surface area contributed by atoms with Crippen LogP contribution in [0.15, 0.2) is 179 Å². The zero-order valence-electron chi connectivity index (χ0n) is 64.9. The van der Waals surface area contributed by atoms with Crippen molar-refractivity contribution in [3.8, 4) is 17.1 Å². The van der Waals surface area contributed by atoms with Gasteiger partial charge in [0.2, 0.25) is 34.1 Å². The first kappa shape index (κ1) is 75.3. The second kappa shape index (κ2) is 32.9. The smallest absolute Gasteiger partial charge is 0.256 e. The van der Waals surface area contributed by atoms with Crippen LogP contribution in [0.1, 0.15) is 90.6 Å². The number of benzene rings is 6. The van der Waals surface area contributed by atoms with E-state index in [1.165, 1.54) is 82.3 Å². The monoisotopic (exact) mass is 1530 g/mol. The average molecular weight is 1530 g/mol. The number of primary amides is 1. The van der Waals surface area contributed by atoms with Crippen molar-refractivity contribution in [2.24, 2.45) is 5.73 Å². The fraction of sp³-hybridized carbons (Fsp3) is 0.310. The van der Waals surface area contributed by atoms with Gasteiger partial charge >= 0.3 is 0 Å². The maximum Gasteiger partial charge on any atom is 0.256 e. The van der Waals surface area contributed by atoms with Gasteiger partial charge in [0.1, 0.15) is 16.7 Å². The van der Waals surface area contributed by atoms with E-state index in [1.54, 1.807) is 17.0 Å². The number of rotatable bonds is 16. The van der Waals surface area contributed by atoms with Crippen LogP contribution in [0.4, 0.5) is 52.0 Å². The lowest BCUT2D eigenvalue weighted by molar-refractivity contribution is 0.0949. The van der Waals surface area contributed by atoms with Crippen LogP contribution in [-0.2, 0) is 38.5 Å². The molecule has 582 valence electrons. The quantitative estimate of drug-likeness (QED) is 0.0524. The number of likely N-dealkylation sites (N-methyl/N-ethyl adjacent to an activating group) is 3. The molecular formula is C87H93N21O6. The number of pyridine rings is 3. The van der Waals surface area contributed by atoms with Crippen LogP contribution in [0, 0.1) is 0 Å². The molecule has 114 heavy (non-hydrogen) atoms. The number of hydrogen-bond acceptors (Lipinski definition) is 21. The molecule has 12 aromatic rings. The highest BCUT2D eigenvalue weighted by Crippen LogP contribution is 2.32. The normalized spacial score (nSPS) is 15.5. The van der Waals surface area contributed by atoms with Gasteiger partial charge in [0, 0.05) is 180 Å². The Bertz CT molecular complexity index is 5850. The van der Waals surface area contributed by atoms with Gasteiger partial charge < -0.3 is 75.4 Å². The van der Waals surface area contributed by atoms with Crippen molar-refractivity contribution in [1.29, 1.82) is 0 Å². The predicted octanol–water partition coefficient (Wildman–Crippen LogP) is 9.50. The third-order valence-corrected chi connectivity index (χ3v) is 22.6. The maximum absolute atomic E-state index is 13.3. The Morgan fingerprint density at radius 3 is 0.974 bits per heavy atom. The van der Waals surface area contributed by atoms with E-state index in [0.717, 1.165) is 170 Å². The van der Waals surface area contributed by atoms with E-state index < -0.39 is 23.2 Å². The summed E-state index contributed by atoms with van der Waals surface area (Å²) in [7, 11) is 7.96. The van der Waals surface area contributed by atoms with E-state index in [0.29, 0.717) is 52.1 Å². The number of carbonyl (C=O) groups is 3. The second-order valence-corrected chi connectivity index (χ2v) is 30.1. The molecular weight excluding hydrogens is 1440 g/mol. The Hall–Kier alpha value is -12.7. The van der Waals surface area contributed by atoms with Gasteiger partial charge in [-0.05, 0) is 228 Å². The number of fused-ring (bicyclic) bond motifs is 6.